The average Bonchev–Trinajstić information content (AvgIpc) is 2.88. The monoisotopic (exact) mass is 511 g/mol. The Labute approximate surface area is 215 Å². The Hall–Kier alpha value is -3.50. The van der Waals surface area contributed by atoms with Gasteiger partial charge in [-0.2, -0.15) is 5.10 Å². The van der Waals surface area contributed by atoms with Gasteiger partial charge in [0.25, 0.3) is 0 Å². The summed E-state index contributed by atoms with van der Waals surface area (Å²) in [4.78, 5) is 6.93. The molecule has 0 bridgehead atoms. The van der Waals surface area contributed by atoms with Gasteiger partial charge in [-0.25, -0.2) is 4.39 Å². The van der Waals surface area contributed by atoms with Gasteiger partial charge in [-0.1, -0.05) is 6.42 Å². The first-order valence-corrected chi connectivity index (χ1v) is 12.3. The quantitative estimate of drug-likeness (QED) is 0.177. The number of ether oxygens (including phenoxy) is 3. The van der Waals surface area contributed by atoms with Crippen LogP contribution in [0.3, 0.4) is 0 Å². The molecule has 1 aliphatic rings. The maximum atomic E-state index is 14.7. The van der Waals surface area contributed by atoms with Crippen LogP contribution in [0.4, 0.5) is 4.39 Å². The fourth-order valence-electron chi connectivity index (χ4n) is 4.11. The predicted molar refractivity (Wildman–Crippen MR) is 143 cm³/mol. The van der Waals surface area contributed by atoms with Crippen LogP contribution in [-0.4, -0.2) is 54.6 Å². The second-order valence-electron chi connectivity index (χ2n) is 8.46. The van der Waals surface area contributed by atoms with E-state index in [4.69, 9.17) is 19.9 Å². The summed E-state index contributed by atoms with van der Waals surface area (Å²) in [7, 11) is 1.59. The number of halogens is 1. The van der Waals surface area contributed by atoms with E-state index in [9.17, 15) is 4.39 Å². The minimum atomic E-state index is -0.542. The Kier molecular flexibility index (Phi) is 8.85. The number of hydrogen-bond donors (Lipinski definition) is 2. The van der Waals surface area contributed by atoms with Gasteiger partial charge in [0.2, 0.25) is 0 Å². The second kappa shape index (κ2) is 12.5. The molecular formula is C26H30FN5O3S. The highest BCUT2D eigenvalue weighted by molar-refractivity contribution is 7.80. The number of pyridine rings is 1. The van der Waals surface area contributed by atoms with Crippen molar-refractivity contribution in [2.75, 3.05) is 33.4 Å². The van der Waals surface area contributed by atoms with Crippen molar-refractivity contribution in [2.24, 2.45) is 10.8 Å². The average molecular weight is 512 g/mol. The molecule has 1 fully saturated rings. The zero-order valence-electron chi connectivity index (χ0n) is 20.2. The molecule has 8 nitrogen and oxygen atoms in total. The van der Waals surface area contributed by atoms with Crippen LogP contribution in [0.2, 0.25) is 0 Å². The number of piperidine rings is 1. The van der Waals surface area contributed by atoms with E-state index in [2.05, 4.69) is 32.6 Å². The SMILES string of the molecule is COc1cc2c(Oc3ccc(C=NNC(N)=S)cc3F)ccnc2cc1OCCCN1CCCCC1. The number of rotatable bonds is 10. The lowest BCUT2D eigenvalue weighted by molar-refractivity contribution is 0.203. The number of hydrazone groups is 1. The van der Waals surface area contributed by atoms with Crippen molar-refractivity contribution in [1.29, 1.82) is 0 Å². The van der Waals surface area contributed by atoms with E-state index in [1.165, 1.54) is 50.7 Å². The molecule has 1 saturated heterocycles. The largest absolute Gasteiger partial charge is 0.493 e. The predicted octanol–water partition coefficient (Wildman–Crippen LogP) is 4.60. The molecule has 0 unspecified atom stereocenters. The Morgan fingerprint density at radius 3 is 2.72 bits per heavy atom. The van der Waals surface area contributed by atoms with Crippen molar-refractivity contribution in [1.82, 2.24) is 15.3 Å². The van der Waals surface area contributed by atoms with Crippen LogP contribution in [0.15, 0.2) is 47.7 Å². The highest BCUT2D eigenvalue weighted by atomic mass is 32.1. The van der Waals surface area contributed by atoms with Crippen LogP contribution in [-0.2, 0) is 0 Å². The van der Waals surface area contributed by atoms with Crippen LogP contribution >= 0.6 is 12.2 Å². The zero-order valence-corrected chi connectivity index (χ0v) is 21.0. The molecule has 2 aromatic carbocycles. The summed E-state index contributed by atoms with van der Waals surface area (Å²) in [5, 5.41) is 4.54. The third-order valence-electron chi connectivity index (χ3n) is 5.88. The smallest absolute Gasteiger partial charge is 0.184 e. The standard InChI is InChI=1S/C26H30FN5O3S/c1-33-24-15-19-21(16-25(24)34-13-5-12-32-10-3-2-4-11-32)29-9-8-22(19)35-23-7-6-18(14-20(23)27)17-30-31-26(28)36/h6-9,14-17H,2-5,10-13H2,1H3,(H3,28,31,36). The summed E-state index contributed by atoms with van der Waals surface area (Å²) in [5.74, 6) is 1.16. The van der Waals surface area contributed by atoms with Gasteiger partial charge in [-0.05, 0) is 80.5 Å². The third kappa shape index (κ3) is 6.79. The number of benzene rings is 2. The first-order chi connectivity index (χ1) is 17.5. The summed E-state index contributed by atoms with van der Waals surface area (Å²) in [6.45, 7) is 3.95. The lowest BCUT2D eigenvalue weighted by Gasteiger charge is -2.26. The maximum absolute atomic E-state index is 14.7. The van der Waals surface area contributed by atoms with E-state index in [1.807, 2.05) is 6.07 Å². The molecule has 3 aromatic rings. The van der Waals surface area contributed by atoms with Gasteiger partial charge in [-0.15, -0.1) is 0 Å². The van der Waals surface area contributed by atoms with Gasteiger partial charge in [-0.3, -0.25) is 10.4 Å². The van der Waals surface area contributed by atoms with E-state index in [-0.39, 0.29) is 10.9 Å². The van der Waals surface area contributed by atoms with Crippen LogP contribution in [0.5, 0.6) is 23.0 Å². The van der Waals surface area contributed by atoms with Gasteiger partial charge in [0, 0.05) is 24.2 Å². The number of thiocarbonyl (C=S) groups is 1. The molecule has 3 N–H and O–H groups in total. The number of likely N-dealkylation sites (tertiary alicyclic amines) is 1. The highest BCUT2D eigenvalue weighted by Crippen LogP contribution is 2.37. The highest BCUT2D eigenvalue weighted by Gasteiger charge is 2.14. The molecule has 0 aliphatic carbocycles. The van der Waals surface area contributed by atoms with Gasteiger partial charge < -0.3 is 24.8 Å². The Morgan fingerprint density at radius 2 is 1.97 bits per heavy atom. The first-order valence-electron chi connectivity index (χ1n) is 11.9. The van der Waals surface area contributed by atoms with Crippen molar-refractivity contribution in [3.63, 3.8) is 0 Å². The van der Waals surface area contributed by atoms with Gasteiger partial charge in [0.1, 0.15) is 5.75 Å². The number of methoxy groups -OCH3 is 1. The summed E-state index contributed by atoms with van der Waals surface area (Å²) in [6, 6.07) is 9.82. The van der Waals surface area contributed by atoms with Crippen LogP contribution in [0.1, 0.15) is 31.2 Å². The number of nitrogens with one attached hydrogen (secondary N) is 1. The minimum absolute atomic E-state index is 0.0256. The molecule has 1 aliphatic heterocycles. The Morgan fingerprint density at radius 1 is 1.14 bits per heavy atom. The van der Waals surface area contributed by atoms with Crippen molar-refractivity contribution in [3.8, 4) is 23.0 Å². The lowest BCUT2D eigenvalue weighted by Crippen LogP contribution is -2.31. The normalized spacial score (nSPS) is 14.2. The summed E-state index contributed by atoms with van der Waals surface area (Å²) >= 11 is 4.68. The molecule has 0 radical (unpaired) electrons. The lowest BCUT2D eigenvalue weighted by atomic mass is 10.1. The third-order valence-corrected chi connectivity index (χ3v) is 5.97. The summed E-state index contributed by atoms with van der Waals surface area (Å²) in [6.07, 6.45) is 7.84. The fraction of sp³-hybridized carbons (Fsp3) is 0.346. The van der Waals surface area contributed by atoms with Gasteiger partial charge in [0.05, 0.1) is 25.4 Å². The topological polar surface area (TPSA) is 94.2 Å². The molecule has 190 valence electrons. The van der Waals surface area contributed by atoms with E-state index in [0.29, 0.717) is 40.3 Å². The van der Waals surface area contributed by atoms with Crippen molar-refractivity contribution < 1.29 is 18.6 Å². The number of fused-ring (bicyclic) bond motifs is 1. The minimum Gasteiger partial charge on any atom is -0.493 e. The number of nitrogens with zero attached hydrogens (tertiary/aromatic N) is 3. The number of hydrogen-bond acceptors (Lipinski definition) is 7. The molecule has 1 aromatic heterocycles. The van der Waals surface area contributed by atoms with Crippen molar-refractivity contribution in [3.05, 3.63) is 54.0 Å². The van der Waals surface area contributed by atoms with Gasteiger partial charge in [0.15, 0.2) is 28.2 Å². The fourth-order valence-corrected chi connectivity index (χ4v) is 4.16. The molecule has 0 amide bonds. The van der Waals surface area contributed by atoms with Crippen LogP contribution < -0.4 is 25.4 Å². The second-order valence-corrected chi connectivity index (χ2v) is 8.90. The van der Waals surface area contributed by atoms with E-state index < -0.39 is 5.82 Å². The molecular weight excluding hydrogens is 481 g/mol. The van der Waals surface area contributed by atoms with Crippen LogP contribution in [0, 0.1) is 5.82 Å². The Balaban J connectivity index is 1.46. The maximum Gasteiger partial charge on any atom is 0.184 e. The molecule has 0 spiro atoms. The molecule has 10 heteroatoms. The first kappa shape index (κ1) is 25.6. The number of nitrogens with two attached hydrogens (primary N) is 1. The van der Waals surface area contributed by atoms with Crippen LogP contribution in [0.25, 0.3) is 10.9 Å². The van der Waals surface area contributed by atoms with Gasteiger partial charge >= 0.3 is 0 Å². The summed E-state index contributed by atoms with van der Waals surface area (Å²) in [5.41, 5.74) is 8.93. The molecule has 0 atom stereocenters. The molecule has 4 rings (SSSR count). The molecule has 36 heavy (non-hydrogen) atoms. The summed E-state index contributed by atoms with van der Waals surface area (Å²) < 4.78 is 32.2. The van der Waals surface area contributed by atoms with Crippen molar-refractivity contribution >= 4 is 34.4 Å². The molecule has 2 heterocycles. The van der Waals surface area contributed by atoms with E-state index >= 15 is 0 Å². The van der Waals surface area contributed by atoms with Crippen molar-refractivity contribution in [2.45, 2.75) is 25.7 Å². The Bertz CT molecular complexity index is 1230. The molecule has 0 saturated carbocycles. The van der Waals surface area contributed by atoms with E-state index in [0.717, 1.165) is 13.0 Å². The van der Waals surface area contributed by atoms with E-state index in [1.54, 1.807) is 31.5 Å². The number of aromatic nitrogens is 1. The zero-order chi connectivity index (χ0) is 25.3.